The summed E-state index contributed by atoms with van der Waals surface area (Å²) < 4.78 is 51.5. The van der Waals surface area contributed by atoms with Crippen LogP contribution in [0, 0.1) is 6.92 Å². The van der Waals surface area contributed by atoms with Crippen LogP contribution in [-0.2, 0) is 26.4 Å². The minimum absolute atomic E-state index is 0.0147. The Hall–Kier alpha value is -3.33. The molecule has 15 heteroatoms. The molecule has 0 bridgehead atoms. The maximum absolute atomic E-state index is 12.8. The van der Waals surface area contributed by atoms with Crippen LogP contribution in [-0.4, -0.2) is 50.1 Å². The lowest BCUT2D eigenvalue weighted by Gasteiger charge is -2.10. The first-order valence-corrected chi connectivity index (χ1v) is 15.2. The smallest absolute Gasteiger partial charge is 0.261 e. The van der Waals surface area contributed by atoms with Crippen LogP contribution in [0.15, 0.2) is 58.8 Å². The van der Waals surface area contributed by atoms with Crippen molar-refractivity contribution < 1.29 is 16.8 Å². The summed E-state index contributed by atoms with van der Waals surface area (Å²) in [6.45, 7) is 2.11. The van der Waals surface area contributed by atoms with E-state index in [1.54, 1.807) is 37.5 Å². The van der Waals surface area contributed by atoms with Gasteiger partial charge in [-0.2, -0.15) is 0 Å². The quantitative estimate of drug-likeness (QED) is 0.197. The average molecular weight is 580 g/mol. The molecule has 0 amide bonds. The van der Waals surface area contributed by atoms with Crippen LogP contribution in [0.2, 0.25) is 5.15 Å². The number of nitrogens with zero attached hydrogens (tertiary/aromatic N) is 4. The van der Waals surface area contributed by atoms with Crippen molar-refractivity contribution in [3.05, 3.63) is 65.2 Å². The first-order chi connectivity index (χ1) is 17.5. The molecule has 3 aromatic heterocycles. The normalized spacial score (nSPS) is 11.8. The molecular formula is C22H22ClN7O4S3. The molecule has 4 aromatic rings. The third kappa shape index (κ3) is 6.15. The van der Waals surface area contributed by atoms with Crippen LogP contribution < -0.4 is 15.4 Å². The predicted molar refractivity (Wildman–Crippen MR) is 144 cm³/mol. The van der Waals surface area contributed by atoms with Crippen molar-refractivity contribution in [2.75, 3.05) is 28.7 Å². The fourth-order valence-electron chi connectivity index (χ4n) is 3.27. The van der Waals surface area contributed by atoms with Crippen molar-refractivity contribution in [3.63, 3.8) is 0 Å². The number of anilines is 3. The summed E-state index contributed by atoms with van der Waals surface area (Å²) in [4.78, 5) is 17.6. The van der Waals surface area contributed by atoms with E-state index in [1.165, 1.54) is 29.7 Å². The van der Waals surface area contributed by atoms with Crippen LogP contribution >= 0.6 is 22.9 Å². The van der Waals surface area contributed by atoms with Gasteiger partial charge in [-0.3, -0.25) is 4.72 Å². The molecule has 0 radical (unpaired) electrons. The van der Waals surface area contributed by atoms with Crippen LogP contribution in [0.25, 0.3) is 10.4 Å². The van der Waals surface area contributed by atoms with E-state index in [0.717, 1.165) is 11.1 Å². The minimum Gasteiger partial charge on any atom is -0.373 e. The number of nitrogens with one attached hydrogen (secondary N) is 3. The second-order valence-electron chi connectivity index (χ2n) is 7.82. The summed E-state index contributed by atoms with van der Waals surface area (Å²) in [7, 11) is -5.75. The molecule has 0 saturated heterocycles. The van der Waals surface area contributed by atoms with Crippen molar-refractivity contribution in [1.29, 1.82) is 0 Å². The third-order valence-corrected chi connectivity index (χ3v) is 8.74. The molecule has 37 heavy (non-hydrogen) atoms. The Kier molecular flexibility index (Phi) is 7.64. The van der Waals surface area contributed by atoms with Crippen molar-refractivity contribution in [3.8, 4) is 10.4 Å². The Labute approximate surface area is 223 Å². The number of aromatic nitrogens is 4. The fourth-order valence-corrected chi connectivity index (χ4v) is 6.00. The lowest BCUT2D eigenvalue weighted by molar-refractivity contribution is 0.592. The number of sulfone groups is 1. The highest BCUT2D eigenvalue weighted by Crippen LogP contribution is 2.36. The first-order valence-electron chi connectivity index (χ1n) is 10.7. The lowest BCUT2D eigenvalue weighted by Crippen LogP contribution is -2.13. The Morgan fingerprint density at radius 3 is 2.43 bits per heavy atom. The van der Waals surface area contributed by atoms with E-state index in [9.17, 15) is 16.8 Å². The largest absolute Gasteiger partial charge is 0.373 e. The van der Waals surface area contributed by atoms with Crippen molar-refractivity contribution in [2.45, 2.75) is 23.5 Å². The number of hydrogen-bond donors (Lipinski definition) is 3. The molecular weight excluding hydrogens is 558 g/mol. The zero-order valence-corrected chi connectivity index (χ0v) is 23.1. The summed E-state index contributed by atoms with van der Waals surface area (Å²) in [5.74, 6) is 0.383. The number of thiazole rings is 1. The van der Waals surface area contributed by atoms with Crippen LogP contribution in [0.1, 0.15) is 11.3 Å². The molecule has 0 spiro atoms. The van der Waals surface area contributed by atoms with Crippen molar-refractivity contribution >= 4 is 59.4 Å². The van der Waals surface area contributed by atoms with Gasteiger partial charge in [0.15, 0.2) is 10.3 Å². The van der Waals surface area contributed by atoms with Gasteiger partial charge in [0.25, 0.3) is 10.0 Å². The summed E-state index contributed by atoms with van der Waals surface area (Å²) in [5.41, 5.74) is 2.13. The molecule has 0 unspecified atom stereocenters. The van der Waals surface area contributed by atoms with Gasteiger partial charge in [0.1, 0.15) is 5.82 Å². The van der Waals surface area contributed by atoms with E-state index in [4.69, 9.17) is 11.6 Å². The summed E-state index contributed by atoms with van der Waals surface area (Å²) in [6, 6.07) is 9.56. The van der Waals surface area contributed by atoms with E-state index in [2.05, 4.69) is 35.3 Å². The molecule has 3 heterocycles. The Bertz CT molecular complexity index is 1660. The minimum atomic E-state index is -3.85. The zero-order valence-electron chi connectivity index (χ0n) is 19.9. The highest BCUT2D eigenvalue weighted by Gasteiger charge is 2.19. The van der Waals surface area contributed by atoms with Crippen LogP contribution in [0.3, 0.4) is 0 Å². The molecule has 0 aliphatic rings. The summed E-state index contributed by atoms with van der Waals surface area (Å²) in [5, 5.41) is 6.41. The first kappa shape index (κ1) is 26.7. The van der Waals surface area contributed by atoms with Gasteiger partial charge in [-0.15, -0.1) is 0 Å². The second kappa shape index (κ2) is 10.6. The Morgan fingerprint density at radius 2 is 1.76 bits per heavy atom. The number of halogens is 1. The van der Waals surface area contributed by atoms with Gasteiger partial charge in [0.05, 0.1) is 21.2 Å². The standard InChI is InChI=1S/C22H22ClN7O4S3/c1-13-18(14-9-17(19(23)25-10-14)30-37(33,34)16-7-5-4-6-8-16)35-21(28-13)26-11-15-12-27-22(36(3,31)32)29-20(15)24-2/h4-10,12,30H,11H2,1-3H3,(H,26,28)(H,24,27,29). The maximum atomic E-state index is 12.8. The molecule has 3 N–H and O–H groups in total. The predicted octanol–water partition coefficient (Wildman–Crippen LogP) is 3.82. The van der Waals surface area contributed by atoms with Gasteiger partial charge in [-0.1, -0.05) is 41.1 Å². The zero-order chi connectivity index (χ0) is 26.8. The lowest BCUT2D eigenvalue weighted by atomic mass is 10.2. The molecule has 1 aromatic carbocycles. The van der Waals surface area contributed by atoms with E-state index < -0.39 is 19.9 Å². The van der Waals surface area contributed by atoms with Gasteiger partial charge in [-0.25, -0.2) is 36.8 Å². The van der Waals surface area contributed by atoms with Gasteiger partial charge in [0.2, 0.25) is 15.0 Å². The van der Waals surface area contributed by atoms with Crippen molar-refractivity contribution in [1.82, 2.24) is 19.9 Å². The number of pyridine rings is 1. The molecule has 0 fully saturated rings. The number of sulfonamides is 1. The molecule has 0 aliphatic carbocycles. The molecule has 4 rings (SSSR count). The SMILES string of the molecule is CNc1nc(S(C)(=O)=O)ncc1CNc1nc(C)c(-c2cnc(Cl)c(NS(=O)(=O)c3ccccc3)c2)s1. The number of rotatable bonds is 9. The van der Waals surface area contributed by atoms with E-state index in [0.29, 0.717) is 27.8 Å². The van der Waals surface area contributed by atoms with E-state index >= 15 is 0 Å². The monoisotopic (exact) mass is 579 g/mol. The average Bonchev–Trinajstić information content (AvgIpc) is 3.24. The number of benzene rings is 1. The van der Waals surface area contributed by atoms with Gasteiger partial charge in [-0.05, 0) is 25.1 Å². The Morgan fingerprint density at radius 1 is 1.03 bits per heavy atom. The molecule has 194 valence electrons. The van der Waals surface area contributed by atoms with E-state index in [-0.39, 0.29) is 27.4 Å². The fraction of sp³-hybridized carbons (Fsp3) is 0.182. The maximum Gasteiger partial charge on any atom is 0.261 e. The molecule has 11 nitrogen and oxygen atoms in total. The van der Waals surface area contributed by atoms with Gasteiger partial charge < -0.3 is 10.6 Å². The highest BCUT2D eigenvalue weighted by molar-refractivity contribution is 7.92. The molecule has 0 atom stereocenters. The van der Waals surface area contributed by atoms with Gasteiger partial charge >= 0.3 is 0 Å². The van der Waals surface area contributed by atoms with Crippen LogP contribution in [0.4, 0.5) is 16.6 Å². The van der Waals surface area contributed by atoms with Crippen LogP contribution in [0.5, 0.6) is 0 Å². The van der Waals surface area contributed by atoms with Gasteiger partial charge in [0, 0.05) is 43.4 Å². The summed E-state index contributed by atoms with van der Waals surface area (Å²) in [6.07, 6.45) is 4.03. The number of aryl methyl sites for hydroxylation is 1. The molecule has 0 aliphatic heterocycles. The Balaban J connectivity index is 1.56. The van der Waals surface area contributed by atoms with E-state index in [1.807, 2.05) is 6.92 Å². The topological polar surface area (TPSA) is 156 Å². The van der Waals surface area contributed by atoms with Crippen molar-refractivity contribution in [2.24, 2.45) is 0 Å². The summed E-state index contributed by atoms with van der Waals surface area (Å²) >= 11 is 7.53. The highest BCUT2D eigenvalue weighted by atomic mass is 35.5. The third-order valence-electron chi connectivity index (χ3n) is 5.04. The molecule has 0 saturated carbocycles. The second-order valence-corrected chi connectivity index (χ2v) is 12.8. The number of hydrogen-bond acceptors (Lipinski definition) is 11.